The molecular formula is C22H24F3N3O2. The largest absolute Gasteiger partial charge is 0.506 e. The van der Waals surface area contributed by atoms with E-state index in [1.54, 1.807) is 12.1 Å². The van der Waals surface area contributed by atoms with Crippen molar-refractivity contribution in [3.8, 4) is 11.8 Å². The molecule has 1 saturated heterocycles. The number of aromatic hydroxyl groups is 1. The number of hydrogen-bond donors (Lipinski definition) is 2. The average Bonchev–Trinajstić information content (AvgIpc) is 3.17. The Bertz CT molecular complexity index is 905. The number of benzene rings is 2. The van der Waals surface area contributed by atoms with Crippen molar-refractivity contribution in [2.75, 3.05) is 18.0 Å². The van der Waals surface area contributed by atoms with Gasteiger partial charge in [0.2, 0.25) is 5.91 Å². The van der Waals surface area contributed by atoms with Crippen molar-refractivity contribution in [3.63, 3.8) is 0 Å². The van der Waals surface area contributed by atoms with Crippen LogP contribution in [0.1, 0.15) is 37.0 Å². The van der Waals surface area contributed by atoms with Crippen molar-refractivity contribution >= 4 is 11.6 Å². The van der Waals surface area contributed by atoms with E-state index < -0.39 is 11.7 Å². The number of nitrogens with zero attached hydrogens (tertiary/aromatic N) is 2. The zero-order valence-corrected chi connectivity index (χ0v) is 16.8. The molecular weight excluding hydrogens is 395 g/mol. The minimum absolute atomic E-state index is 0.00624. The predicted molar refractivity (Wildman–Crippen MR) is 108 cm³/mol. The van der Waals surface area contributed by atoms with Crippen LogP contribution in [0.4, 0.5) is 18.9 Å². The van der Waals surface area contributed by atoms with Gasteiger partial charge in [-0.1, -0.05) is 26.0 Å². The molecule has 0 aromatic heterocycles. The van der Waals surface area contributed by atoms with Crippen molar-refractivity contribution in [1.82, 2.24) is 5.32 Å². The number of amides is 1. The molecule has 3 rings (SSSR count). The van der Waals surface area contributed by atoms with E-state index in [4.69, 9.17) is 5.26 Å². The van der Waals surface area contributed by atoms with Gasteiger partial charge >= 0.3 is 6.18 Å². The Hall–Kier alpha value is -3.21. The fourth-order valence-electron chi connectivity index (χ4n) is 3.20. The second kappa shape index (κ2) is 10.0. The Labute approximate surface area is 173 Å². The first-order valence-corrected chi connectivity index (χ1v) is 9.70. The highest BCUT2D eigenvalue weighted by Gasteiger charge is 2.30. The van der Waals surface area contributed by atoms with E-state index in [1.807, 2.05) is 24.8 Å². The number of carbonyl (C=O) groups excluding carboxylic acids is 1. The standard InChI is InChI=1S/C20H18F3N3O2.C2H6/c21-20(22,23)15-4-1-13(2-5-15)9-19(28)25-16-7-8-26(12-16)17-6-3-14(11-24)18(27)10-17;1-2/h1-6,10,16,27H,7-9,12H2,(H,25,28);1-2H3/t16-;/m1./s1. The molecule has 1 fully saturated rings. The molecule has 2 N–H and O–H groups in total. The van der Waals surface area contributed by atoms with Crippen LogP contribution in [-0.4, -0.2) is 30.1 Å². The summed E-state index contributed by atoms with van der Waals surface area (Å²) >= 11 is 0. The fourth-order valence-corrected chi connectivity index (χ4v) is 3.20. The molecule has 2 aromatic rings. The molecule has 1 heterocycles. The van der Waals surface area contributed by atoms with Crippen molar-refractivity contribution in [3.05, 3.63) is 59.2 Å². The summed E-state index contributed by atoms with van der Waals surface area (Å²) < 4.78 is 37.7. The van der Waals surface area contributed by atoms with Gasteiger partial charge in [-0.15, -0.1) is 0 Å². The van der Waals surface area contributed by atoms with Crippen LogP contribution in [0.25, 0.3) is 0 Å². The molecule has 0 radical (unpaired) electrons. The van der Waals surface area contributed by atoms with E-state index in [0.29, 0.717) is 25.1 Å². The molecule has 8 heteroatoms. The molecule has 0 bridgehead atoms. The van der Waals surface area contributed by atoms with Crippen LogP contribution in [0.5, 0.6) is 5.75 Å². The lowest BCUT2D eigenvalue weighted by atomic mass is 10.1. The third-order valence-electron chi connectivity index (χ3n) is 4.67. The van der Waals surface area contributed by atoms with Crippen molar-refractivity contribution in [2.45, 2.75) is 38.9 Å². The van der Waals surface area contributed by atoms with E-state index in [0.717, 1.165) is 17.8 Å². The highest BCUT2D eigenvalue weighted by atomic mass is 19.4. The number of anilines is 1. The number of halogens is 3. The average molecular weight is 419 g/mol. The Balaban J connectivity index is 0.00000155. The van der Waals surface area contributed by atoms with Crippen LogP contribution in [0.3, 0.4) is 0 Å². The van der Waals surface area contributed by atoms with Gasteiger partial charge in [0.05, 0.1) is 17.5 Å². The molecule has 0 spiro atoms. The Morgan fingerprint density at radius 1 is 1.23 bits per heavy atom. The highest BCUT2D eigenvalue weighted by Crippen LogP contribution is 2.29. The van der Waals surface area contributed by atoms with E-state index in [2.05, 4.69) is 5.32 Å². The number of hydrogen-bond acceptors (Lipinski definition) is 4. The quantitative estimate of drug-likeness (QED) is 0.777. The molecule has 0 unspecified atom stereocenters. The van der Waals surface area contributed by atoms with E-state index >= 15 is 0 Å². The van der Waals surface area contributed by atoms with E-state index in [1.165, 1.54) is 18.2 Å². The number of phenols is 1. The molecule has 1 aliphatic heterocycles. The topological polar surface area (TPSA) is 76.4 Å². The van der Waals surface area contributed by atoms with Gasteiger partial charge in [-0.3, -0.25) is 4.79 Å². The monoisotopic (exact) mass is 419 g/mol. The predicted octanol–water partition coefficient (Wildman–Crippen LogP) is 4.25. The summed E-state index contributed by atoms with van der Waals surface area (Å²) in [5.41, 5.74) is 0.728. The number of alkyl halides is 3. The van der Waals surface area contributed by atoms with Crippen LogP contribution in [0.15, 0.2) is 42.5 Å². The lowest BCUT2D eigenvalue weighted by molar-refractivity contribution is -0.137. The van der Waals surface area contributed by atoms with E-state index in [9.17, 15) is 23.1 Å². The lowest BCUT2D eigenvalue weighted by Crippen LogP contribution is -2.38. The number of nitrogens with one attached hydrogen (secondary N) is 1. The molecule has 5 nitrogen and oxygen atoms in total. The summed E-state index contributed by atoms with van der Waals surface area (Å²) in [4.78, 5) is 14.2. The maximum absolute atomic E-state index is 12.6. The van der Waals surface area contributed by atoms with Gasteiger partial charge in [0, 0.05) is 30.9 Å². The number of rotatable bonds is 4. The summed E-state index contributed by atoms with van der Waals surface area (Å²) in [6, 6.07) is 11.2. The maximum Gasteiger partial charge on any atom is 0.416 e. The molecule has 30 heavy (non-hydrogen) atoms. The zero-order valence-electron chi connectivity index (χ0n) is 16.8. The number of nitriles is 1. The number of phenolic OH excluding ortho intramolecular Hbond substituents is 1. The van der Waals surface area contributed by atoms with E-state index in [-0.39, 0.29) is 29.7 Å². The Morgan fingerprint density at radius 3 is 2.47 bits per heavy atom. The summed E-state index contributed by atoms with van der Waals surface area (Å²) in [5.74, 6) is -0.343. The molecule has 2 aromatic carbocycles. The van der Waals surface area contributed by atoms with Crippen molar-refractivity contribution in [2.24, 2.45) is 0 Å². The Morgan fingerprint density at radius 2 is 1.90 bits per heavy atom. The summed E-state index contributed by atoms with van der Waals surface area (Å²) in [6.07, 6.45) is -3.68. The molecule has 0 aliphatic carbocycles. The van der Waals surface area contributed by atoms with Crippen molar-refractivity contribution < 1.29 is 23.1 Å². The van der Waals surface area contributed by atoms with Crippen LogP contribution in [0.2, 0.25) is 0 Å². The van der Waals surface area contributed by atoms with Crippen LogP contribution < -0.4 is 10.2 Å². The first-order chi connectivity index (χ1) is 14.3. The van der Waals surface area contributed by atoms with Gasteiger partial charge in [0.1, 0.15) is 11.8 Å². The van der Waals surface area contributed by atoms with Gasteiger partial charge in [-0.25, -0.2) is 0 Å². The summed E-state index contributed by atoms with van der Waals surface area (Å²) in [6.45, 7) is 5.22. The lowest BCUT2D eigenvalue weighted by Gasteiger charge is -2.19. The van der Waals surface area contributed by atoms with Gasteiger partial charge in [0.25, 0.3) is 0 Å². The molecule has 1 atom stereocenters. The maximum atomic E-state index is 12.6. The van der Waals surface area contributed by atoms with Gasteiger partial charge < -0.3 is 15.3 Å². The van der Waals surface area contributed by atoms with Crippen LogP contribution in [0, 0.1) is 11.3 Å². The second-order valence-corrected chi connectivity index (χ2v) is 6.68. The highest BCUT2D eigenvalue weighted by molar-refractivity contribution is 5.79. The van der Waals surface area contributed by atoms with Crippen LogP contribution >= 0.6 is 0 Å². The first kappa shape index (κ1) is 23.1. The van der Waals surface area contributed by atoms with Crippen LogP contribution in [-0.2, 0) is 17.4 Å². The van der Waals surface area contributed by atoms with Gasteiger partial charge in [0.15, 0.2) is 0 Å². The zero-order chi connectivity index (χ0) is 22.3. The SMILES string of the molecule is CC.N#Cc1ccc(N2CC[C@@H](NC(=O)Cc3ccc(C(F)(F)F)cc3)C2)cc1O. The van der Waals surface area contributed by atoms with Gasteiger partial charge in [-0.05, 0) is 36.2 Å². The minimum atomic E-state index is -4.39. The third kappa shape index (κ3) is 5.89. The molecule has 1 amide bonds. The van der Waals surface area contributed by atoms with Crippen molar-refractivity contribution in [1.29, 1.82) is 5.26 Å². The molecule has 160 valence electrons. The normalized spacial score (nSPS) is 15.7. The smallest absolute Gasteiger partial charge is 0.416 e. The second-order valence-electron chi connectivity index (χ2n) is 6.68. The minimum Gasteiger partial charge on any atom is -0.506 e. The molecule has 1 aliphatic rings. The van der Waals surface area contributed by atoms with Gasteiger partial charge in [-0.2, -0.15) is 18.4 Å². The number of carbonyl (C=O) groups is 1. The summed E-state index contributed by atoms with van der Waals surface area (Å²) in [5, 5.41) is 21.6. The summed E-state index contributed by atoms with van der Waals surface area (Å²) in [7, 11) is 0. The Kier molecular flexibility index (Phi) is 7.70. The third-order valence-corrected chi connectivity index (χ3v) is 4.67. The molecule has 0 saturated carbocycles. The first-order valence-electron chi connectivity index (χ1n) is 9.70. The fraction of sp³-hybridized carbons (Fsp3) is 0.364.